The van der Waals surface area contributed by atoms with Crippen molar-refractivity contribution in [2.75, 3.05) is 85.9 Å². The van der Waals surface area contributed by atoms with Crippen LogP contribution in [0.15, 0.2) is 24.3 Å². The van der Waals surface area contributed by atoms with Crippen LogP contribution in [-0.2, 0) is 33.2 Å². The van der Waals surface area contributed by atoms with Crippen LogP contribution in [0, 0.1) is 11.5 Å². The molecule has 1 saturated heterocycles. The summed E-state index contributed by atoms with van der Waals surface area (Å²) in [5.41, 5.74) is 0. The van der Waals surface area contributed by atoms with E-state index in [1.165, 1.54) is 6.42 Å². The molecule has 1 aliphatic rings. The van der Waals surface area contributed by atoms with Crippen molar-refractivity contribution in [1.82, 2.24) is 0 Å². The van der Waals surface area contributed by atoms with E-state index in [9.17, 15) is 0 Å². The van der Waals surface area contributed by atoms with Gasteiger partial charge in [0.05, 0.1) is 72.7 Å². The van der Waals surface area contributed by atoms with Gasteiger partial charge in [-0.2, -0.15) is 0 Å². The average molecular weight is 484 g/mol. The van der Waals surface area contributed by atoms with Gasteiger partial charge >= 0.3 is 0 Å². The van der Waals surface area contributed by atoms with Gasteiger partial charge in [0.1, 0.15) is 18.1 Å². The highest BCUT2D eigenvalue weighted by Crippen LogP contribution is 2.17. The molecule has 0 radical (unpaired) electrons. The first-order chi connectivity index (χ1) is 16.9. The summed E-state index contributed by atoms with van der Waals surface area (Å²) in [6.45, 7) is 6.86. The molecule has 10 heteroatoms. The zero-order valence-electron chi connectivity index (χ0n) is 19.8. The number of benzene rings is 1. The zero-order chi connectivity index (χ0) is 23.9. The molecular formula is C24H37NO9. The lowest BCUT2D eigenvalue weighted by Crippen LogP contribution is -2.24. The van der Waals surface area contributed by atoms with Gasteiger partial charge in [-0.3, -0.25) is 0 Å². The van der Waals surface area contributed by atoms with Gasteiger partial charge in [0.25, 0.3) is 6.26 Å². The maximum Gasteiger partial charge on any atom is 0.292 e. The van der Waals surface area contributed by atoms with Crippen LogP contribution in [0.3, 0.4) is 0 Å². The molecule has 1 fully saturated rings. The highest BCUT2D eigenvalue weighted by atomic mass is 16.7. The third-order valence-electron chi connectivity index (χ3n) is 4.64. The number of rotatable bonds is 21. The number of hydrogen-bond donors (Lipinski definition) is 0. The third-order valence-corrected chi connectivity index (χ3v) is 4.64. The molecule has 0 N–H and O–H groups in total. The van der Waals surface area contributed by atoms with Gasteiger partial charge in [0.2, 0.25) is 0 Å². The van der Waals surface area contributed by atoms with Crippen LogP contribution in [0.1, 0.15) is 19.3 Å². The van der Waals surface area contributed by atoms with Gasteiger partial charge in [-0.15, -0.1) is 5.26 Å². The van der Waals surface area contributed by atoms with E-state index in [0.29, 0.717) is 90.8 Å². The molecule has 0 aliphatic carbocycles. The van der Waals surface area contributed by atoms with E-state index < -0.39 is 0 Å². The zero-order valence-corrected chi connectivity index (χ0v) is 19.8. The normalized spacial score (nSPS) is 15.7. The van der Waals surface area contributed by atoms with Crippen LogP contribution in [0.4, 0.5) is 0 Å². The molecule has 0 saturated carbocycles. The smallest absolute Gasteiger partial charge is 0.292 e. The second-order valence-electron chi connectivity index (χ2n) is 7.24. The number of ether oxygens (including phenoxy) is 9. The Morgan fingerprint density at radius 3 is 1.68 bits per heavy atom. The van der Waals surface area contributed by atoms with Crippen LogP contribution < -0.4 is 9.47 Å². The van der Waals surface area contributed by atoms with Crippen molar-refractivity contribution >= 4 is 0 Å². The summed E-state index contributed by atoms with van der Waals surface area (Å²) in [5, 5.41) is 8.44. The van der Waals surface area contributed by atoms with E-state index in [1.807, 2.05) is 0 Å². The summed E-state index contributed by atoms with van der Waals surface area (Å²) in [7, 11) is 0. The van der Waals surface area contributed by atoms with E-state index in [0.717, 1.165) is 19.4 Å². The quantitative estimate of drug-likeness (QED) is 0.191. The van der Waals surface area contributed by atoms with Crippen molar-refractivity contribution in [2.24, 2.45) is 0 Å². The molecule has 1 aromatic carbocycles. The predicted octanol–water partition coefficient (Wildman–Crippen LogP) is 2.55. The Balaban J connectivity index is 1.23. The van der Waals surface area contributed by atoms with Crippen molar-refractivity contribution in [3.8, 4) is 17.8 Å². The molecular weight excluding hydrogens is 446 g/mol. The van der Waals surface area contributed by atoms with Crippen LogP contribution in [0.2, 0.25) is 0 Å². The van der Waals surface area contributed by atoms with Gasteiger partial charge in [0, 0.05) is 6.61 Å². The Morgan fingerprint density at radius 1 is 0.676 bits per heavy atom. The lowest BCUT2D eigenvalue weighted by molar-refractivity contribution is -0.169. The van der Waals surface area contributed by atoms with Crippen molar-refractivity contribution in [1.29, 1.82) is 5.26 Å². The molecule has 0 bridgehead atoms. The van der Waals surface area contributed by atoms with E-state index >= 15 is 0 Å². The first kappa shape index (κ1) is 28.3. The second-order valence-corrected chi connectivity index (χ2v) is 7.24. The molecule has 34 heavy (non-hydrogen) atoms. The summed E-state index contributed by atoms with van der Waals surface area (Å²) < 4.78 is 48.6. The molecule has 0 spiro atoms. The van der Waals surface area contributed by atoms with Crippen molar-refractivity contribution < 1.29 is 42.6 Å². The molecule has 0 amide bonds. The Kier molecular flexibility index (Phi) is 17.0. The first-order valence-electron chi connectivity index (χ1n) is 11.8. The van der Waals surface area contributed by atoms with Gasteiger partial charge in [-0.25, -0.2) is 0 Å². The maximum atomic E-state index is 8.44. The predicted molar refractivity (Wildman–Crippen MR) is 122 cm³/mol. The Hall–Kier alpha value is -1.97. The van der Waals surface area contributed by atoms with E-state index in [1.54, 1.807) is 30.5 Å². The van der Waals surface area contributed by atoms with Gasteiger partial charge in [0.15, 0.2) is 6.29 Å². The summed E-state index contributed by atoms with van der Waals surface area (Å²) in [6, 6.07) is 6.81. The lowest BCUT2D eigenvalue weighted by atomic mass is 10.2. The molecule has 192 valence electrons. The minimum absolute atomic E-state index is 0.0649. The van der Waals surface area contributed by atoms with E-state index in [-0.39, 0.29) is 6.29 Å². The van der Waals surface area contributed by atoms with Gasteiger partial charge in [-0.1, -0.05) is 0 Å². The van der Waals surface area contributed by atoms with E-state index in [2.05, 4.69) is 0 Å². The number of nitriles is 1. The minimum Gasteiger partial charge on any atom is -0.491 e. The van der Waals surface area contributed by atoms with Crippen LogP contribution in [-0.4, -0.2) is 92.2 Å². The Labute approximate surface area is 201 Å². The fourth-order valence-electron chi connectivity index (χ4n) is 2.94. The first-order valence-corrected chi connectivity index (χ1v) is 11.8. The van der Waals surface area contributed by atoms with E-state index in [4.69, 9.17) is 47.9 Å². The summed E-state index contributed by atoms with van der Waals surface area (Å²) >= 11 is 0. The monoisotopic (exact) mass is 483 g/mol. The molecule has 2 rings (SSSR count). The topological polar surface area (TPSA) is 107 Å². The van der Waals surface area contributed by atoms with Crippen LogP contribution in [0.5, 0.6) is 11.5 Å². The minimum atomic E-state index is -0.0649. The molecule has 0 aromatic heterocycles. The third kappa shape index (κ3) is 15.0. The Morgan fingerprint density at radius 2 is 1.18 bits per heavy atom. The van der Waals surface area contributed by atoms with Gasteiger partial charge < -0.3 is 42.6 Å². The number of nitrogens with zero attached hydrogens (tertiary/aromatic N) is 1. The molecule has 1 aliphatic heterocycles. The molecule has 10 nitrogen and oxygen atoms in total. The maximum absolute atomic E-state index is 8.44. The summed E-state index contributed by atoms with van der Waals surface area (Å²) in [4.78, 5) is 0. The fourth-order valence-corrected chi connectivity index (χ4v) is 2.94. The van der Waals surface area contributed by atoms with Crippen molar-refractivity contribution in [2.45, 2.75) is 25.6 Å². The molecule has 1 atom stereocenters. The number of hydrogen-bond acceptors (Lipinski definition) is 10. The average Bonchev–Trinajstić information content (AvgIpc) is 2.87. The summed E-state index contributed by atoms with van der Waals surface area (Å²) in [6.07, 6.45) is 4.81. The van der Waals surface area contributed by atoms with Crippen LogP contribution in [0.25, 0.3) is 0 Å². The highest BCUT2D eigenvalue weighted by molar-refractivity contribution is 5.31. The molecule has 1 aromatic rings. The van der Waals surface area contributed by atoms with Gasteiger partial charge in [-0.05, 0) is 43.5 Å². The van der Waals surface area contributed by atoms with Crippen molar-refractivity contribution in [3.63, 3.8) is 0 Å². The fraction of sp³-hybridized carbons (Fsp3) is 0.708. The second kappa shape index (κ2) is 20.4. The molecule has 1 unspecified atom stereocenters. The summed E-state index contributed by atoms with van der Waals surface area (Å²) in [5.74, 6) is 1.17. The Bertz CT molecular complexity index is 632. The standard InChI is InChI=1S/C24H37NO9/c25-21-34-23-6-4-22(5-7-23)31-19-17-29-15-13-27-11-9-26-10-12-28-14-16-30-18-20-33-24-3-1-2-8-32-24/h4-7,24H,1-3,8-20H2. The largest absolute Gasteiger partial charge is 0.491 e. The SMILES string of the molecule is N#COc1ccc(OCCOCCOCCOCCOCCOCCOC2CCCCO2)cc1. The van der Waals surface area contributed by atoms with Crippen LogP contribution >= 0.6 is 0 Å². The lowest BCUT2D eigenvalue weighted by Gasteiger charge is -2.22. The highest BCUT2D eigenvalue weighted by Gasteiger charge is 2.13. The van der Waals surface area contributed by atoms with Crippen molar-refractivity contribution in [3.05, 3.63) is 24.3 Å². The molecule has 1 heterocycles.